The lowest BCUT2D eigenvalue weighted by atomic mass is 10.1. The van der Waals surface area contributed by atoms with Crippen LogP contribution in [0.3, 0.4) is 0 Å². The van der Waals surface area contributed by atoms with E-state index in [2.05, 4.69) is 6.92 Å². The average molecular weight is 195 g/mol. The molecule has 0 aromatic heterocycles. The number of nitrogens with one attached hydrogen (secondary N) is 1. The van der Waals surface area contributed by atoms with E-state index in [4.69, 9.17) is 11.1 Å². The Labute approximate surface area is 84.3 Å². The maximum absolute atomic E-state index is 11.8. The van der Waals surface area contributed by atoms with Crippen LogP contribution in [-0.4, -0.2) is 29.6 Å². The summed E-state index contributed by atoms with van der Waals surface area (Å²) in [4.78, 5) is 13.6. The lowest BCUT2D eigenvalue weighted by Crippen LogP contribution is -2.36. The Bertz CT molecular complexity index is 260. The van der Waals surface area contributed by atoms with Gasteiger partial charge in [0, 0.05) is 25.0 Å². The summed E-state index contributed by atoms with van der Waals surface area (Å²) in [7, 11) is 0. The van der Waals surface area contributed by atoms with Crippen LogP contribution < -0.4 is 5.73 Å². The molecule has 1 amide bonds. The van der Waals surface area contributed by atoms with Crippen molar-refractivity contribution < 1.29 is 4.79 Å². The molecule has 4 heteroatoms. The highest BCUT2D eigenvalue weighted by atomic mass is 16.2. The van der Waals surface area contributed by atoms with Gasteiger partial charge in [0.15, 0.2) is 0 Å². The molecule has 0 aliphatic carbocycles. The van der Waals surface area contributed by atoms with E-state index in [1.807, 2.05) is 4.90 Å². The Morgan fingerprint density at radius 2 is 2.43 bits per heavy atom. The molecule has 0 bridgehead atoms. The van der Waals surface area contributed by atoms with Gasteiger partial charge in [-0.25, -0.2) is 0 Å². The lowest BCUT2D eigenvalue weighted by molar-refractivity contribution is -0.127. The van der Waals surface area contributed by atoms with Gasteiger partial charge in [0.2, 0.25) is 0 Å². The van der Waals surface area contributed by atoms with Crippen molar-refractivity contribution in [1.82, 2.24) is 4.90 Å². The monoisotopic (exact) mass is 195 g/mol. The van der Waals surface area contributed by atoms with Gasteiger partial charge in [0.1, 0.15) is 0 Å². The van der Waals surface area contributed by atoms with Gasteiger partial charge in [0.05, 0.1) is 5.57 Å². The van der Waals surface area contributed by atoms with Crippen molar-refractivity contribution in [2.45, 2.75) is 32.2 Å². The summed E-state index contributed by atoms with van der Waals surface area (Å²) >= 11 is 0. The second-order valence-corrected chi connectivity index (χ2v) is 3.47. The number of nitrogens with zero attached hydrogens (tertiary/aromatic N) is 1. The zero-order valence-corrected chi connectivity index (χ0v) is 8.49. The van der Waals surface area contributed by atoms with Crippen molar-refractivity contribution >= 4 is 12.1 Å². The maximum atomic E-state index is 11.8. The number of nitrogens with two attached hydrogens (primary N) is 1. The molecule has 1 saturated heterocycles. The summed E-state index contributed by atoms with van der Waals surface area (Å²) in [6.07, 6.45) is 5.33. The van der Waals surface area contributed by atoms with Crippen molar-refractivity contribution in [1.29, 1.82) is 5.41 Å². The summed E-state index contributed by atoms with van der Waals surface area (Å²) < 4.78 is 0. The van der Waals surface area contributed by atoms with Crippen molar-refractivity contribution in [3.8, 4) is 0 Å². The van der Waals surface area contributed by atoms with Crippen LogP contribution >= 0.6 is 0 Å². The van der Waals surface area contributed by atoms with Crippen LogP contribution in [0.15, 0.2) is 11.8 Å². The van der Waals surface area contributed by atoms with E-state index in [-0.39, 0.29) is 11.5 Å². The fourth-order valence-electron chi connectivity index (χ4n) is 1.87. The normalized spacial score (nSPS) is 22.5. The molecule has 0 aromatic carbocycles. The van der Waals surface area contributed by atoms with Crippen molar-refractivity contribution in [3.63, 3.8) is 0 Å². The second-order valence-electron chi connectivity index (χ2n) is 3.47. The highest BCUT2D eigenvalue weighted by Gasteiger charge is 2.28. The number of hydrogen-bond acceptors (Lipinski definition) is 3. The SMILES string of the molecule is CC[C@@H]1CCCN1C(=O)/C(C=N)=C/N. The summed E-state index contributed by atoms with van der Waals surface area (Å²) in [6.45, 7) is 2.87. The van der Waals surface area contributed by atoms with Gasteiger partial charge >= 0.3 is 0 Å². The minimum atomic E-state index is -0.105. The van der Waals surface area contributed by atoms with E-state index in [1.165, 1.54) is 6.20 Å². The van der Waals surface area contributed by atoms with Gasteiger partial charge in [-0.1, -0.05) is 6.92 Å². The molecule has 1 aliphatic rings. The third-order valence-corrected chi connectivity index (χ3v) is 2.69. The Balaban J connectivity index is 2.73. The fourth-order valence-corrected chi connectivity index (χ4v) is 1.87. The predicted octanol–water partition coefficient (Wildman–Crippen LogP) is 0.880. The number of hydrogen-bond donors (Lipinski definition) is 2. The van der Waals surface area contributed by atoms with Crippen molar-refractivity contribution in [2.24, 2.45) is 5.73 Å². The first kappa shape index (κ1) is 10.8. The zero-order valence-electron chi connectivity index (χ0n) is 8.49. The van der Waals surface area contributed by atoms with Gasteiger partial charge in [0.25, 0.3) is 5.91 Å². The van der Waals surface area contributed by atoms with E-state index < -0.39 is 0 Å². The van der Waals surface area contributed by atoms with E-state index in [1.54, 1.807) is 0 Å². The Morgan fingerprint density at radius 1 is 1.71 bits per heavy atom. The number of likely N-dealkylation sites (tertiary alicyclic amines) is 1. The minimum Gasteiger partial charge on any atom is -0.404 e. The molecule has 14 heavy (non-hydrogen) atoms. The fraction of sp³-hybridized carbons (Fsp3) is 0.600. The molecule has 4 nitrogen and oxygen atoms in total. The van der Waals surface area contributed by atoms with Crippen molar-refractivity contribution in [2.75, 3.05) is 6.54 Å². The Kier molecular flexibility index (Phi) is 3.68. The predicted molar refractivity (Wildman–Crippen MR) is 56.1 cm³/mol. The summed E-state index contributed by atoms with van der Waals surface area (Å²) in [5, 5.41) is 7.06. The molecule has 1 fully saturated rings. The molecule has 0 saturated carbocycles. The molecule has 78 valence electrons. The first-order valence-corrected chi connectivity index (χ1v) is 4.98. The molecule has 0 aromatic rings. The molecule has 1 rings (SSSR count). The Hall–Kier alpha value is -1.32. The average Bonchev–Trinajstić information content (AvgIpc) is 2.67. The second kappa shape index (κ2) is 4.79. The third kappa shape index (κ3) is 1.95. The minimum absolute atomic E-state index is 0.105. The van der Waals surface area contributed by atoms with Crippen LogP contribution in [0.2, 0.25) is 0 Å². The zero-order chi connectivity index (χ0) is 10.6. The van der Waals surface area contributed by atoms with E-state index in [0.717, 1.165) is 32.0 Å². The van der Waals surface area contributed by atoms with E-state index in [9.17, 15) is 4.79 Å². The molecule has 1 heterocycles. The summed E-state index contributed by atoms with van der Waals surface area (Å²) in [6, 6.07) is 0.331. The maximum Gasteiger partial charge on any atom is 0.257 e. The molecule has 3 N–H and O–H groups in total. The number of rotatable bonds is 3. The van der Waals surface area contributed by atoms with E-state index in [0.29, 0.717) is 6.04 Å². The van der Waals surface area contributed by atoms with Crippen LogP contribution in [0, 0.1) is 5.41 Å². The van der Waals surface area contributed by atoms with Crippen LogP contribution in [0.4, 0.5) is 0 Å². The van der Waals surface area contributed by atoms with Gasteiger partial charge in [-0.2, -0.15) is 0 Å². The van der Waals surface area contributed by atoms with Crippen molar-refractivity contribution in [3.05, 3.63) is 11.8 Å². The number of amides is 1. The largest absolute Gasteiger partial charge is 0.404 e. The van der Waals surface area contributed by atoms with Crippen LogP contribution in [0.25, 0.3) is 0 Å². The number of carbonyl (C=O) groups excluding carboxylic acids is 1. The molecule has 0 radical (unpaired) electrons. The quantitative estimate of drug-likeness (QED) is 0.518. The third-order valence-electron chi connectivity index (χ3n) is 2.69. The highest BCUT2D eigenvalue weighted by molar-refractivity contribution is 6.11. The summed E-state index contributed by atoms with van der Waals surface area (Å²) in [5.74, 6) is -0.105. The standard InChI is InChI=1S/C10H17N3O/c1-2-9-4-3-5-13(9)10(14)8(6-11)7-12/h6-7,9,11H,2-5,12H2,1H3/b8-7+,11-6?/t9-/m1/s1. The first-order chi connectivity index (χ1) is 6.74. The molecule has 0 spiro atoms. The smallest absolute Gasteiger partial charge is 0.257 e. The van der Waals surface area contributed by atoms with Crippen LogP contribution in [-0.2, 0) is 4.79 Å². The molecule has 1 aliphatic heterocycles. The molecular weight excluding hydrogens is 178 g/mol. The molecular formula is C10H17N3O. The number of carbonyl (C=O) groups is 1. The van der Waals surface area contributed by atoms with Crippen LogP contribution in [0.1, 0.15) is 26.2 Å². The van der Waals surface area contributed by atoms with E-state index >= 15 is 0 Å². The summed E-state index contributed by atoms with van der Waals surface area (Å²) in [5.41, 5.74) is 5.56. The van der Waals surface area contributed by atoms with Gasteiger partial charge in [-0.05, 0) is 19.3 Å². The molecule has 0 unspecified atom stereocenters. The molecule has 1 atom stereocenters. The lowest BCUT2D eigenvalue weighted by Gasteiger charge is -2.23. The topological polar surface area (TPSA) is 70.2 Å². The van der Waals surface area contributed by atoms with Gasteiger partial charge < -0.3 is 16.0 Å². The van der Waals surface area contributed by atoms with Gasteiger partial charge in [-0.3, -0.25) is 4.79 Å². The van der Waals surface area contributed by atoms with Crippen LogP contribution in [0.5, 0.6) is 0 Å². The first-order valence-electron chi connectivity index (χ1n) is 4.98. The highest BCUT2D eigenvalue weighted by Crippen LogP contribution is 2.21. The Morgan fingerprint density at radius 3 is 2.93 bits per heavy atom. The van der Waals surface area contributed by atoms with Gasteiger partial charge in [-0.15, -0.1) is 0 Å².